The Morgan fingerprint density at radius 1 is 0.906 bits per heavy atom. The maximum Gasteiger partial charge on any atom is 0.0267 e. The Balaban J connectivity index is 1.06. The third-order valence-electron chi connectivity index (χ3n) is 8.51. The lowest BCUT2D eigenvalue weighted by Crippen LogP contribution is -2.09. The predicted molar refractivity (Wildman–Crippen MR) is 136 cm³/mol. The molecule has 6 aliphatic rings. The SMILES string of the molecule is C=C(CCC1=CC2C=C(CCC3(C4CC4)CC3)C=CC2=C1)C1=CC(=C)C2C=CC=CC2=C1. The van der Waals surface area contributed by atoms with E-state index < -0.39 is 0 Å². The average molecular weight is 419 g/mol. The molecule has 0 aromatic carbocycles. The van der Waals surface area contributed by atoms with Gasteiger partial charge in [0, 0.05) is 11.8 Å². The number of allylic oxidation sites excluding steroid dienone is 18. The Hall–Kier alpha value is -2.60. The molecule has 0 spiro atoms. The fourth-order valence-electron chi connectivity index (χ4n) is 6.10. The van der Waals surface area contributed by atoms with Crippen molar-refractivity contribution in [2.24, 2.45) is 23.2 Å². The lowest BCUT2D eigenvalue weighted by molar-refractivity contribution is 0.405. The van der Waals surface area contributed by atoms with Crippen molar-refractivity contribution in [3.05, 3.63) is 119 Å². The van der Waals surface area contributed by atoms with E-state index in [-0.39, 0.29) is 0 Å². The molecule has 162 valence electrons. The molecular formula is C32H34. The average Bonchev–Trinajstić information content (AvgIpc) is 3.72. The van der Waals surface area contributed by atoms with E-state index >= 15 is 0 Å². The lowest BCUT2D eigenvalue weighted by Gasteiger charge is -2.24. The number of hydrogen-bond donors (Lipinski definition) is 0. The van der Waals surface area contributed by atoms with Crippen LogP contribution in [0.15, 0.2) is 119 Å². The molecule has 2 fully saturated rings. The predicted octanol–water partition coefficient (Wildman–Crippen LogP) is 8.44. The van der Waals surface area contributed by atoms with E-state index in [0.29, 0.717) is 11.8 Å². The molecule has 2 atom stereocenters. The fraction of sp³-hybridized carbons (Fsp3) is 0.375. The molecule has 2 saturated carbocycles. The van der Waals surface area contributed by atoms with Crippen LogP contribution in [0.5, 0.6) is 0 Å². The van der Waals surface area contributed by atoms with Crippen LogP contribution in [-0.2, 0) is 0 Å². The van der Waals surface area contributed by atoms with Gasteiger partial charge in [-0.15, -0.1) is 0 Å². The summed E-state index contributed by atoms with van der Waals surface area (Å²) in [5.74, 6) is 1.90. The van der Waals surface area contributed by atoms with Crippen LogP contribution in [0.3, 0.4) is 0 Å². The molecular weight excluding hydrogens is 384 g/mol. The minimum Gasteiger partial charge on any atom is -0.0952 e. The van der Waals surface area contributed by atoms with Gasteiger partial charge in [-0.1, -0.05) is 91.1 Å². The Kier molecular flexibility index (Phi) is 4.86. The van der Waals surface area contributed by atoms with Crippen LogP contribution in [0.4, 0.5) is 0 Å². The molecule has 0 aromatic rings. The fourth-order valence-corrected chi connectivity index (χ4v) is 6.10. The number of hydrogen-bond acceptors (Lipinski definition) is 0. The molecule has 0 amide bonds. The number of rotatable bonds is 8. The smallest absolute Gasteiger partial charge is 0.0267 e. The van der Waals surface area contributed by atoms with E-state index in [1.165, 1.54) is 72.0 Å². The van der Waals surface area contributed by atoms with Gasteiger partial charge in [0.05, 0.1) is 0 Å². The Morgan fingerprint density at radius 3 is 2.56 bits per heavy atom. The summed E-state index contributed by atoms with van der Waals surface area (Å²) in [5, 5.41) is 0. The molecule has 32 heavy (non-hydrogen) atoms. The summed E-state index contributed by atoms with van der Waals surface area (Å²) in [6.45, 7) is 8.71. The van der Waals surface area contributed by atoms with Gasteiger partial charge in [-0.2, -0.15) is 0 Å². The van der Waals surface area contributed by atoms with Crippen LogP contribution in [0.2, 0.25) is 0 Å². The molecule has 0 heteroatoms. The molecule has 6 rings (SSSR count). The second-order valence-corrected chi connectivity index (χ2v) is 10.8. The summed E-state index contributed by atoms with van der Waals surface area (Å²) in [5.41, 5.74) is 10.2. The zero-order valence-corrected chi connectivity index (χ0v) is 19.2. The van der Waals surface area contributed by atoms with Crippen molar-refractivity contribution >= 4 is 0 Å². The van der Waals surface area contributed by atoms with Gasteiger partial charge in [0.15, 0.2) is 0 Å². The van der Waals surface area contributed by atoms with Gasteiger partial charge < -0.3 is 0 Å². The van der Waals surface area contributed by atoms with E-state index in [0.717, 1.165) is 24.2 Å². The molecule has 0 heterocycles. The van der Waals surface area contributed by atoms with Crippen LogP contribution in [-0.4, -0.2) is 0 Å². The minimum atomic E-state index is 0.341. The standard InChI is InChI=1S/C32H34/c1-22(28-17-23(2)31-6-4-3-5-27(31)21-28)7-8-25-19-26-10-9-24(18-29(26)20-25)13-14-32(15-16-32)30-11-12-30/h3-6,9-10,17-21,29-31H,1-2,7-8,11-16H2. The highest BCUT2D eigenvalue weighted by Crippen LogP contribution is 2.64. The molecule has 6 aliphatic carbocycles. The topological polar surface area (TPSA) is 0 Å². The molecule has 2 unspecified atom stereocenters. The third-order valence-corrected chi connectivity index (χ3v) is 8.51. The van der Waals surface area contributed by atoms with Crippen LogP contribution in [0.25, 0.3) is 0 Å². The van der Waals surface area contributed by atoms with Gasteiger partial charge in [-0.25, -0.2) is 0 Å². The first-order chi connectivity index (χ1) is 15.6. The molecule has 0 radical (unpaired) electrons. The second kappa shape index (κ2) is 7.77. The normalized spacial score (nSPS) is 28.9. The maximum atomic E-state index is 4.42. The van der Waals surface area contributed by atoms with Crippen molar-refractivity contribution in [1.29, 1.82) is 0 Å². The quantitative estimate of drug-likeness (QED) is 0.371. The van der Waals surface area contributed by atoms with Gasteiger partial charge in [0.2, 0.25) is 0 Å². The maximum absolute atomic E-state index is 4.42. The molecule has 0 N–H and O–H groups in total. The number of fused-ring (bicyclic) bond motifs is 2. The Labute approximate surface area is 193 Å². The van der Waals surface area contributed by atoms with Crippen molar-refractivity contribution in [1.82, 2.24) is 0 Å². The first kappa shape index (κ1) is 20.0. The van der Waals surface area contributed by atoms with Crippen LogP contribution in [0.1, 0.15) is 51.4 Å². The Morgan fingerprint density at radius 2 is 1.75 bits per heavy atom. The van der Waals surface area contributed by atoms with E-state index in [1.54, 1.807) is 5.57 Å². The summed E-state index contributed by atoms with van der Waals surface area (Å²) >= 11 is 0. The third kappa shape index (κ3) is 3.85. The Bertz CT molecular complexity index is 1110. The van der Waals surface area contributed by atoms with Gasteiger partial charge >= 0.3 is 0 Å². The van der Waals surface area contributed by atoms with Crippen molar-refractivity contribution in [3.8, 4) is 0 Å². The molecule has 0 saturated heterocycles. The van der Waals surface area contributed by atoms with Crippen LogP contribution >= 0.6 is 0 Å². The molecule has 0 aromatic heterocycles. The van der Waals surface area contributed by atoms with Gasteiger partial charge in [-0.3, -0.25) is 0 Å². The summed E-state index contributed by atoms with van der Waals surface area (Å²) in [4.78, 5) is 0. The summed E-state index contributed by atoms with van der Waals surface area (Å²) in [6, 6.07) is 0. The van der Waals surface area contributed by atoms with Gasteiger partial charge in [-0.05, 0) is 90.6 Å². The van der Waals surface area contributed by atoms with Crippen LogP contribution < -0.4 is 0 Å². The highest BCUT2D eigenvalue weighted by atomic mass is 14.6. The summed E-state index contributed by atoms with van der Waals surface area (Å²) in [7, 11) is 0. The van der Waals surface area contributed by atoms with E-state index in [4.69, 9.17) is 0 Å². The minimum absolute atomic E-state index is 0.341. The monoisotopic (exact) mass is 418 g/mol. The molecule has 0 nitrogen and oxygen atoms in total. The molecule has 0 aliphatic heterocycles. The zero-order chi connectivity index (χ0) is 21.7. The highest BCUT2D eigenvalue weighted by Gasteiger charge is 2.52. The summed E-state index contributed by atoms with van der Waals surface area (Å²) in [6.07, 6.45) is 36.1. The lowest BCUT2D eigenvalue weighted by atomic mass is 9.80. The van der Waals surface area contributed by atoms with Crippen LogP contribution in [0, 0.1) is 23.2 Å². The van der Waals surface area contributed by atoms with Crippen molar-refractivity contribution in [2.75, 3.05) is 0 Å². The van der Waals surface area contributed by atoms with E-state index in [2.05, 4.69) is 80.0 Å². The van der Waals surface area contributed by atoms with Crippen molar-refractivity contribution in [2.45, 2.75) is 51.4 Å². The zero-order valence-electron chi connectivity index (χ0n) is 19.2. The summed E-state index contributed by atoms with van der Waals surface area (Å²) < 4.78 is 0. The van der Waals surface area contributed by atoms with Crippen molar-refractivity contribution in [3.63, 3.8) is 0 Å². The van der Waals surface area contributed by atoms with E-state index in [9.17, 15) is 0 Å². The van der Waals surface area contributed by atoms with Gasteiger partial charge in [0.1, 0.15) is 0 Å². The largest absolute Gasteiger partial charge is 0.0952 e. The second-order valence-electron chi connectivity index (χ2n) is 10.8. The molecule has 0 bridgehead atoms. The first-order valence-corrected chi connectivity index (χ1v) is 12.6. The highest BCUT2D eigenvalue weighted by molar-refractivity contribution is 5.57. The van der Waals surface area contributed by atoms with Crippen molar-refractivity contribution < 1.29 is 0 Å². The first-order valence-electron chi connectivity index (χ1n) is 12.6. The van der Waals surface area contributed by atoms with E-state index in [1.807, 2.05) is 0 Å². The van der Waals surface area contributed by atoms with Gasteiger partial charge in [0.25, 0.3) is 0 Å².